The van der Waals surface area contributed by atoms with E-state index in [2.05, 4.69) is 10.4 Å². The van der Waals surface area contributed by atoms with E-state index < -0.39 is 17.6 Å². The molecule has 0 spiro atoms. The van der Waals surface area contributed by atoms with Gasteiger partial charge in [-0.1, -0.05) is 42.8 Å². The molecule has 0 aromatic heterocycles. The first-order valence-electron chi connectivity index (χ1n) is 7.19. The van der Waals surface area contributed by atoms with Crippen molar-refractivity contribution in [1.29, 1.82) is 0 Å². The third-order valence-corrected chi connectivity index (χ3v) is 3.54. The molecule has 0 saturated carbocycles. The number of carbonyl (C=O) groups excluding carboxylic acids is 2. The van der Waals surface area contributed by atoms with Crippen molar-refractivity contribution in [3.63, 3.8) is 0 Å². The van der Waals surface area contributed by atoms with Crippen molar-refractivity contribution in [3.05, 3.63) is 64.4 Å². The average Bonchev–Trinajstić information content (AvgIpc) is 2.57. The van der Waals surface area contributed by atoms with Gasteiger partial charge in [-0.3, -0.25) is 9.59 Å². The van der Waals surface area contributed by atoms with E-state index >= 15 is 0 Å². The Kier molecular flexibility index (Phi) is 6.03. The summed E-state index contributed by atoms with van der Waals surface area (Å²) in [5, 5.41) is 6.21. The molecule has 0 atom stereocenters. The number of aryl methyl sites for hydroxylation is 1. The summed E-state index contributed by atoms with van der Waals surface area (Å²) in [4.78, 5) is 23.6. The van der Waals surface area contributed by atoms with Crippen LogP contribution in [0, 0.1) is 5.82 Å². The fourth-order valence-corrected chi connectivity index (χ4v) is 2.18. The van der Waals surface area contributed by atoms with E-state index in [0.717, 1.165) is 11.8 Å². The number of anilines is 1. The molecular formula is C17H15ClFN3O2. The van der Waals surface area contributed by atoms with Gasteiger partial charge in [-0.15, -0.1) is 0 Å². The summed E-state index contributed by atoms with van der Waals surface area (Å²) in [7, 11) is 0. The van der Waals surface area contributed by atoms with E-state index in [9.17, 15) is 14.0 Å². The second-order valence-electron chi connectivity index (χ2n) is 4.80. The van der Waals surface area contributed by atoms with Crippen molar-refractivity contribution in [2.24, 2.45) is 5.10 Å². The Morgan fingerprint density at radius 1 is 1.17 bits per heavy atom. The molecule has 0 fully saturated rings. The molecule has 0 saturated heterocycles. The highest BCUT2D eigenvalue weighted by Gasteiger charge is 2.14. The number of nitrogens with one attached hydrogen (secondary N) is 2. The Balaban J connectivity index is 1.99. The van der Waals surface area contributed by atoms with Crippen molar-refractivity contribution in [2.75, 3.05) is 5.32 Å². The van der Waals surface area contributed by atoms with Crippen LogP contribution in [0.2, 0.25) is 5.02 Å². The summed E-state index contributed by atoms with van der Waals surface area (Å²) in [6.45, 7) is 1.94. The zero-order valence-corrected chi connectivity index (χ0v) is 13.6. The predicted molar refractivity (Wildman–Crippen MR) is 91.6 cm³/mol. The smallest absolute Gasteiger partial charge is 0.317 e. The minimum Gasteiger partial charge on any atom is -0.317 e. The molecule has 124 valence electrons. The Morgan fingerprint density at radius 3 is 2.62 bits per heavy atom. The van der Waals surface area contributed by atoms with E-state index in [1.807, 2.05) is 24.5 Å². The molecule has 0 aliphatic heterocycles. The average molecular weight is 348 g/mol. The van der Waals surface area contributed by atoms with Crippen molar-refractivity contribution in [3.8, 4) is 0 Å². The zero-order valence-electron chi connectivity index (χ0n) is 12.8. The van der Waals surface area contributed by atoms with Gasteiger partial charge in [0.05, 0.1) is 11.2 Å². The lowest BCUT2D eigenvalue weighted by atomic mass is 10.1. The van der Waals surface area contributed by atoms with E-state index in [1.54, 1.807) is 12.1 Å². The van der Waals surface area contributed by atoms with Gasteiger partial charge >= 0.3 is 11.8 Å². The lowest BCUT2D eigenvalue weighted by molar-refractivity contribution is -0.136. The molecule has 2 aromatic rings. The van der Waals surface area contributed by atoms with Crippen LogP contribution in [0.25, 0.3) is 0 Å². The number of rotatable bonds is 4. The normalized spacial score (nSPS) is 10.6. The summed E-state index contributed by atoms with van der Waals surface area (Å²) in [6, 6.07) is 11.3. The molecular weight excluding hydrogens is 333 g/mol. The molecule has 0 heterocycles. The highest BCUT2D eigenvalue weighted by molar-refractivity contribution is 6.39. The van der Waals surface area contributed by atoms with Crippen molar-refractivity contribution < 1.29 is 14.0 Å². The van der Waals surface area contributed by atoms with Crippen molar-refractivity contribution in [1.82, 2.24) is 5.43 Å². The minimum atomic E-state index is -0.968. The Bertz CT molecular complexity index is 773. The molecule has 0 unspecified atom stereocenters. The Labute approximate surface area is 143 Å². The number of amides is 2. The maximum atomic E-state index is 13.5. The van der Waals surface area contributed by atoms with Crippen LogP contribution in [0.5, 0.6) is 0 Å². The number of carbonyl (C=O) groups is 2. The number of nitrogens with zero attached hydrogens (tertiary/aromatic N) is 1. The van der Waals surface area contributed by atoms with Crippen LogP contribution in [0.4, 0.5) is 10.1 Å². The maximum Gasteiger partial charge on any atom is 0.329 e. The van der Waals surface area contributed by atoms with Crippen molar-refractivity contribution in [2.45, 2.75) is 13.3 Å². The van der Waals surface area contributed by atoms with Gasteiger partial charge in [0.1, 0.15) is 5.82 Å². The number of hydrogen-bond donors (Lipinski definition) is 2. The van der Waals surface area contributed by atoms with E-state index in [1.165, 1.54) is 18.2 Å². The molecule has 0 aliphatic rings. The van der Waals surface area contributed by atoms with Crippen molar-refractivity contribution >= 4 is 35.3 Å². The molecule has 0 radical (unpaired) electrons. The number of benzene rings is 2. The molecule has 24 heavy (non-hydrogen) atoms. The highest BCUT2D eigenvalue weighted by Crippen LogP contribution is 2.16. The van der Waals surface area contributed by atoms with Gasteiger partial charge < -0.3 is 5.32 Å². The SMILES string of the molecule is CCc1ccccc1NC(=O)C(=O)N/N=C\c1c(F)cccc1Cl. The largest absolute Gasteiger partial charge is 0.329 e. The Hall–Kier alpha value is -2.73. The van der Waals surface area contributed by atoms with Gasteiger partial charge in [0.2, 0.25) is 0 Å². The third-order valence-electron chi connectivity index (χ3n) is 3.21. The number of hydrazone groups is 1. The van der Waals surface area contributed by atoms with E-state index in [-0.39, 0.29) is 10.6 Å². The second-order valence-corrected chi connectivity index (χ2v) is 5.21. The lowest BCUT2D eigenvalue weighted by Gasteiger charge is -2.08. The molecule has 7 heteroatoms. The van der Waals surface area contributed by atoms with Gasteiger partial charge in [-0.05, 0) is 30.2 Å². The summed E-state index contributed by atoms with van der Waals surface area (Å²) in [5.74, 6) is -2.42. The van der Waals surface area contributed by atoms with Gasteiger partial charge in [-0.2, -0.15) is 5.10 Å². The summed E-state index contributed by atoms with van der Waals surface area (Å²) in [5.41, 5.74) is 3.52. The van der Waals surface area contributed by atoms with Crippen LogP contribution >= 0.6 is 11.6 Å². The fraction of sp³-hybridized carbons (Fsp3) is 0.118. The standard InChI is InChI=1S/C17H15ClFN3O2/c1-2-11-6-3-4-9-15(11)21-16(23)17(24)22-20-10-12-13(18)7-5-8-14(12)19/h3-10H,2H2,1H3,(H,21,23)(H,22,24)/b20-10-. The fourth-order valence-electron chi connectivity index (χ4n) is 1.97. The third kappa shape index (κ3) is 4.39. The zero-order chi connectivity index (χ0) is 17.5. The quantitative estimate of drug-likeness (QED) is 0.507. The first kappa shape index (κ1) is 17.6. The molecule has 2 rings (SSSR count). The van der Waals surface area contributed by atoms with E-state index in [0.29, 0.717) is 12.1 Å². The maximum absolute atomic E-state index is 13.5. The molecule has 2 amide bonds. The molecule has 2 aromatic carbocycles. The summed E-state index contributed by atoms with van der Waals surface area (Å²) < 4.78 is 13.5. The van der Waals surface area contributed by atoms with Gasteiger partial charge in [-0.25, -0.2) is 9.82 Å². The van der Waals surface area contributed by atoms with Crippen LogP contribution < -0.4 is 10.7 Å². The van der Waals surface area contributed by atoms with Crippen LogP contribution in [0.3, 0.4) is 0 Å². The minimum absolute atomic E-state index is 0.0243. The van der Waals surface area contributed by atoms with Crippen LogP contribution in [0.15, 0.2) is 47.6 Å². The number of para-hydroxylation sites is 1. The van der Waals surface area contributed by atoms with Crippen LogP contribution in [-0.2, 0) is 16.0 Å². The Morgan fingerprint density at radius 2 is 1.92 bits per heavy atom. The monoisotopic (exact) mass is 347 g/mol. The highest BCUT2D eigenvalue weighted by atomic mass is 35.5. The summed E-state index contributed by atoms with van der Waals surface area (Å²) >= 11 is 5.82. The molecule has 5 nitrogen and oxygen atoms in total. The number of halogens is 2. The summed E-state index contributed by atoms with van der Waals surface area (Å²) in [6.07, 6.45) is 1.75. The first-order valence-corrected chi connectivity index (χ1v) is 7.57. The van der Waals surface area contributed by atoms with E-state index in [4.69, 9.17) is 11.6 Å². The lowest BCUT2D eigenvalue weighted by Crippen LogP contribution is -2.32. The molecule has 0 bridgehead atoms. The molecule has 0 aliphatic carbocycles. The second kappa shape index (κ2) is 8.21. The topological polar surface area (TPSA) is 70.6 Å². The van der Waals surface area contributed by atoms with Gasteiger partial charge in [0, 0.05) is 11.3 Å². The van der Waals surface area contributed by atoms with Gasteiger partial charge in [0.25, 0.3) is 0 Å². The number of hydrogen-bond acceptors (Lipinski definition) is 3. The first-order chi connectivity index (χ1) is 11.5. The predicted octanol–water partition coefficient (Wildman–Crippen LogP) is 3.13. The van der Waals surface area contributed by atoms with Crippen LogP contribution in [0.1, 0.15) is 18.1 Å². The van der Waals surface area contributed by atoms with Crippen LogP contribution in [-0.4, -0.2) is 18.0 Å². The molecule has 2 N–H and O–H groups in total. The van der Waals surface area contributed by atoms with Gasteiger partial charge in [0.15, 0.2) is 0 Å².